The molecule has 6 saturated carbocycles. The molecule has 0 saturated heterocycles. The first-order valence-electron chi connectivity index (χ1n) is 10.6. The second-order valence-electron chi connectivity index (χ2n) is 10.7. The van der Waals surface area contributed by atoms with Crippen molar-refractivity contribution in [2.75, 3.05) is 0 Å². The van der Waals surface area contributed by atoms with Crippen LogP contribution in [0.2, 0.25) is 0 Å². The molecule has 0 heteroatoms. The minimum Gasteiger partial charge on any atom is -0.0633 e. The van der Waals surface area contributed by atoms with Gasteiger partial charge in [-0.05, 0) is 123 Å². The van der Waals surface area contributed by atoms with Crippen LogP contribution in [0.5, 0.6) is 0 Å². The lowest BCUT2D eigenvalue weighted by Crippen LogP contribution is -2.41. The first kappa shape index (κ1) is 12.2. The molecular formula is C22H30. The van der Waals surface area contributed by atoms with Crippen molar-refractivity contribution in [1.82, 2.24) is 0 Å². The molecular weight excluding hydrogens is 264 g/mol. The summed E-state index contributed by atoms with van der Waals surface area (Å²) < 4.78 is 0. The van der Waals surface area contributed by atoms with Crippen LogP contribution < -0.4 is 0 Å². The summed E-state index contributed by atoms with van der Waals surface area (Å²) in [6.45, 7) is 0. The van der Waals surface area contributed by atoms with Crippen molar-refractivity contribution in [3.63, 3.8) is 0 Å². The van der Waals surface area contributed by atoms with E-state index in [0.29, 0.717) is 0 Å². The predicted octanol–water partition coefficient (Wildman–Crippen LogP) is 5.44. The molecule has 6 fully saturated rings. The molecule has 8 bridgehead atoms. The van der Waals surface area contributed by atoms with Crippen molar-refractivity contribution in [2.24, 2.45) is 59.2 Å². The monoisotopic (exact) mass is 294 g/mol. The highest BCUT2D eigenvalue weighted by atomic mass is 14.6. The quantitative estimate of drug-likeness (QED) is 0.522. The maximum absolute atomic E-state index is 2.14. The molecule has 6 atom stereocenters. The molecule has 118 valence electrons. The Morgan fingerprint density at radius 1 is 0.409 bits per heavy atom. The van der Waals surface area contributed by atoms with Crippen LogP contribution in [0, 0.1) is 59.2 Å². The van der Waals surface area contributed by atoms with E-state index in [-0.39, 0.29) is 0 Å². The van der Waals surface area contributed by atoms with Gasteiger partial charge in [0.05, 0.1) is 0 Å². The first-order chi connectivity index (χ1) is 10.8. The Balaban J connectivity index is 1.38. The van der Waals surface area contributed by atoms with E-state index in [1.165, 1.54) is 0 Å². The van der Waals surface area contributed by atoms with Crippen molar-refractivity contribution in [1.29, 1.82) is 0 Å². The van der Waals surface area contributed by atoms with Gasteiger partial charge in [0, 0.05) is 0 Å². The zero-order chi connectivity index (χ0) is 14.0. The van der Waals surface area contributed by atoms with E-state index in [9.17, 15) is 0 Å². The maximum Gasteiger partial charge on any atom is -0.0100 e. The average Bonchev–Trinajstić information content (AvgIpc) is 2.65. The molecule has 0 aromatic carbocycles. The molecule has 0 nitrogen and oxygen atoms in total. The topological polar surface area (TPSA) is 0 Å². The number of hydrogen-bond acceptors (Lipinski definition) is 0. The van der Waals surface area contributed by atoms with Crippen LogP contribution >= 0.6 is 0 Å². The van der Waals surface area contributed by atoms with Gasteiger partial charge < -0.3 is 0 Å². The molecule has 9 aliphatic carbocycles. The number of hydrogen-bond donors (Lipinski definition) is 0. The molecule has 0 aromatic rings. The van der Waals surface area contributed by atoms with E-state index < -0.39 is 0 Å². The SMILES string of the molecule is C1C2CC3CC1CC(C2)C1=C3[C@@H]2C3CC4CC(C3)CC(C4)[C@H]12. The second-order valence-corrected chi connectivity index (χ2v) is 10.7. The fourth-order valence-electron chi connectivity index (χ4n) is 9.68. The van der Waals surface area contributed by atoms with E-state index in [1.807, 2.05) is 0 Å². The highest BCUT2D eigenvalue weighted by Crippen LogP contribution is 2.70. The zero-order valence-electron chi connectivity index (χ0n) is 13.8. The van der Waals surface area contributed by atoms with Gasteiger partial charge in [-0.25, -0.2) is 0 Å². The Morgan fingerprint density at radius 2 is 0.773 bits per heavy atom. The fraction of sp³-hybridized carbons (Fsp3) is 0.909. The Labute approximate surface area is 135 Å². The van der Waals surface area contributed by atoms with E-state index in [2.05, 4.69) is 11.1 Å². The lowest BCUT2D eigenvalue weighted by atomic mass is 9.54. The summed E-state index contributed by atoms with van der Waals surface area (Å²) in [6, 6.07) is 0. The van der Waals surface area contributed by atoms with Crippen molar-refractivity contribution in [3.8, 4) is 0 Å². The van der Waals surface area contributed by atoms with Gasteiger partial charge in [0.15, 0.2) is 0 Å². The van der Waals surface area contributed by atoms with Crippen LogP contribution in [0.25, 0.3) is 0 Å². The number of rotatable bonds is 0. The highest BCUT2D eigenvalue weighted by molar-refractivity contribution is 5.42. The minimum atomic E-state index is 1.07. The average molecular weight is 294 g/mol. The molecule has 4 unspecified atom stereocenters. The van der Waals surface area contributed by atoms with Gasteiger partial charge in [0.1, 0.15) is 0 Å². The van der Waals surface area contributed by atoms with Gasteiger partial charge in [-0.3, -0.25) is 0 Å². The summed E-state index contributed by atoms with van der Waals surface area (Å²) in [7, 11) is 0. The summed E-state index contributed by atoms with van der Waals surface area (Å²) >= 11 is 0. The van der Waals surface area contributed by atoms with Crippen molar-refractivity contribution in [2.45, 2.75) is 64.2 Å². The van der Waals surface area contributed by atoms with E-state index >= 15 is 0 Å². The normalized spacial score (nSPS) is 63.3. The van der Waals surface area contributed by atoms with Crippen LogP contribution in [-0.4, -0.2) is 0 Å². The summed E-state index contributed by atoms with van der Waals surface area (Å²) in [5.41, 5.74) is 4.27. The molecule has 0 radical (unpaired) electrons. The molecule has 0 heterocycles. The predicted molar refractivity (Wildman–Crippen MR) is 88.1 cm³/mol. The summed E-state index contributed by atoms with van der Waals surface area (Å²) in [5, 5.41) is 0. The van der Waals surface area contributed by atoms with Gasteiger partial charge >= 0.3 is 0 Å². The third-order valence-corrected chi connectivity index (χ3v) is 9.68. The summed E-state index contributed by atoms with van der Waals surface area (Å²) in [6.07, 6.45) is 16.2. The smallest absolute Gasteiger partial charge is 0.0100 e. The largest absolute Gasteiger partial charge is 0.0633 e. The minimum absolute atomic E-state index is 1.07. The van der Waals surface area contributed by atoms with Crippen molar-refractivity contribution < 1.29 is 0 Å². The van der Waals surface area contributed by atoms with E-state index in [1.54, 1.807) is 64.2 Å². The summed E-state index contributed by atoms with van der Waals surface area (Å²) in [4.78, 5) is 0. The molecule has 22 heavy (non-hydrogen) atoms. The Kier molecular flexibility index (Phi) is 2.13. The van der Waals surface area contributed by atoms with E-state index in [0.717, 1.165) is 59.2 Å². The van der Waals surface area contributed by atoms with Gasteiger partial charge in [-0.2, -0.15) is 0 Å². The highest BCUT2D eigenvalue weighted by Gasteiger charge is 2.60. The number of allylic oxidation sites excluding steroid dienone is 2. The first-order valence-corrected chi connectivity index (χ1v) is 10.6. The fourth-order valence-corrected chi connectivity index (χ4v) is 9.68. The molecule has 0 aliphatic heterocycles. The Hall–Kier alpha value is -0.260. The Morgan fingerprint density at radius 3 is 1.18 bits per heavy atom. The van der Waals surface area contributed by atoms with E-state index in [4.69, 9.17) is 0 Å². The van der Waals surface area contributed by atoms with Gasteiger partial charge in [-0.15, -0.1) is 0 Å². The van der Waals surface area contributed by atoms with Crippen molar-refractivity contribution in [3.05, 3.63) is 11.1 Å². The molecule has 0 spiro atoms. The van der Waals surface area contributed by atoms with Crippen LogP contribution in [0.1, 0.15) is 64.2 Å². The van der Waals surface area contributed by atoms with Crippen LogP contribution in [0.15, 0.2) is 11.1 Å². The zero-order valence-corrected chi connectivity index (χ0v) is 13.8. The van der Waals surface area contributed by atoms with Crippen LogP contribution in [0.4, 0.5) is 0 Å². The second kappa shape index (κ2) is 3.86. The molecule has 9 aliphatic rings. The lowest BCUT2D eigenvalue weighted by Gasteiger charge is -2.50. The van der Waals surface area contributed by atoms with Crippen LogP contribution in [-0.2, 0) is 0 Å². The standard InChI is InChI=1S/C22H30/c1-11-3-15-5-12(1)6-16(4-11)20-19(15)21-17-7-13-2-14(8-17)10-18(9-13)22(20)21/h11-20H,1-10H2/t11?,12?,13?,14?,15?,16?,17?,18?,19-,20+. The third-order valence-electron chi connectivity index (χ3n) is 9.68. The lowest BCUT2D eigenvalue weighted by molar-refractivity contribution is 0.118. The van der Waals surface area contributed by atoms with Crippen molar-refractivity contribution >= 4 is 0 Å². The molecule has 0 amide bonds. The molecule has 9 rings (SSSR count). The maximum atomic E-state index is 2.14. The van der Waals surface area contributed by atoms with Gasteiger partial charge in [0.2, 0.25) is 0 Å². The Bertz CT molecular complexity index is 497. The molecule has 0 aromatic heterocycles. The molecule has 0 N–H and O–H groups in total. The van der Waals surface area contributed by atoms with Gasteiger partial charge in [-0.1, -0.05) is 11.1 Å². The van der Waals surface area contributed by atoms with Gasteiger partial charge in [0.25, 0.3) is 0 Å². The summed E-state index contributed by atoms with van der Waals surface area (Å²) in [5.74, 6) is 11.2. The van der Waals surface area contributed by atoms with Crippen LogP contribution in [0.3, 0.4) is 0 Å². The third kappa shape index (κ3) is 1.35.